The van der Waals surface area contributed by atoms with E-state index in [0.717, 1.165) is 12.0 Å². The van der Waals surface area contributed by atoms with Gasteiger partial charge in [0.25, 0.3) is 0 Å². The number of rotatable bonds is 4. The van der Waals surface area contributed by atoms with Crippen molar-refractivity contribution in [3.05, 3.63) is 35.4 Å². The Labute approximate surface area is 98.5 Å². The third kappa shape index (κ3) is 2.46. The van der Waals surface area contributed by atoms with Gasteiger partial charge in [-0.15, -0.1) is 0 Å². The fourth-order valence-corrected chi connectivity index (χ4v) is 2.33. The fraction of sp³-hybridized carbons (Fsp3) is 0.600. The molecule has 1 N–H and O–H groups in total. The Morgan fingerprint density at radius 3 is 2.25 bits per heavy atom. The normalized spacial score (nSPS) is 19.8. The van der Waals surface area contributed by atoms with E-state index in [1.807, 2.05) is 6.92 Å². The van der Waals surface area contributed by atoms with E-state index in [9.17, 15) is 5.11 Å². The molecule has 0 bridgehead atoms. The van der Waals surface area contributed by atoms with E-state index >= 15 is 0 Å². The molecule has 1 fully saturated rings. The molecule has 88 valence electrons. The average molecular weight is 218 g/mol. The first-order valence-corrected chi connectivity index (χ1v) is 6.32. The highest BCUT2D eigenvalue weighted by Crippen LogP contribution is 2.45. The number of hydrogen-bond acceptors (Lipinski definition) is 1. The maximum atomic E-state index is 10.4. The Morgan fingerprint density at radius 2 is 1.81 bits per heavy atom. The summed E-state index contributed by atoms with van der Waals surface area (Å²) in [6.45, 7) is 6.41. The van der Waals surface area contributed by atoms with Crippen LogP contribution in [0.15, 0.2) is 24.3 Å². The lowest BCUT2D eigenvalue weighted by Crippen LogP contribution is -2.23. The van der Waals surface area contributed by atoms with Gasteiger partial charge in [0.05, 0.1) is 5.60 Å². The molecule has 0 saturated heterocycles. The van der Waals surface area contributed by atoms with Crippen molar-refractivity contribution in [2.75, 3.05) is 0 Å². The van der Waals surface area contributed by atoms with E-state index in [1.54, 1.807) is 0 Å². The SMILES string of the molecule is CC(C)Cc1ccc(C(C)(O)C2CC2)cc1. The quantitative estimate of drug-likeness (QED) is 0.820. The maximum absolute atomic E-state index is 10.4. The van der Waals surface area contributed by atoms with Gasteiger partial charge in [0, 0.05) is 0 Å². The summed E-state index contributed by atoms with van der Waals surface area (Å²) in [4.78, 5) is 0. The summed E-state index contributed by atoms with van der Waals surface area (Å²) in [7, 11) is 0. The zero-order chi connectivity index (χ0) is 11.8. The van der Waals surface area contributed by atoms with Crippen LogP contribution in [-0.2, 0) is 12.0 Å². The molecule has 0 heterocycles. The Bertz CT molecular complexity index is 344. The molecule has 1 saturated carbocycles. The van der Waals surface area contributed by atoms with Crippen LogP contribution in [0.25, 0.3) is 0 Å². The molecule has 0 spiro atoms. The summed E-state index contributed by atoms with van der Waals surface area (Å²) in [5.41, 5.74) is 1.82. The lowest BCUT2D eigenvalue weighted by Gasteiger charge is -2.23. The van der Waals surface area contributed by atoms with Crippen molar-refractivity contribution in [3.8, 4) is 0 Å². The van der Waals surface area contributed by atoms with Crippen molar-refractivity contribution >= 4 is 0 Å². The molecule has 1 atom stereocenters. The monoisotopic (exact) mass is 218 g/mol. The van der Waals surface area contributed by atoms with Gasteiger partial charge in [-0.2, -0.15) is 0 Å². The van der Waals surface area contributed by atoms with E-state index in [1.165, 1.54) is 18.4 Å². The molecule has 0 amide bonds. The van der Waals surface area contributed by atoms with Crippen molar-refractivity contribution in [1.29, 1.82) is 0 Å². The Balaban J connectivity index is 2.12. The third-order valence-electron chi connectivity index (χ3n) is 3.55. The molecular weight excluding hydrogens is 196 g/mol. The van der Waals surface area contributed by atoms with Crippen LogP contribution in [0.2, 0.25) is 0 Å². The van der Waals surface area contributed by atoms with Crippen LogP contribution in [0.3, 0.4) is 0 Å². The Morgan fingerprint density at radius 1 is 1.25 bits per heavy atom. The summed E-state index contributed by atoms with van der Waals surface area (Å²) in [5.74, 6) is 1.17. The predicted molar refractivity (Wildman–Crippen MR) is 67.3 cm³/mol. The molecule has 1 heteroatoms. The minimum Gasteiger partial charge on any atom is -0.385 e. The summed E-state index contributed by atoms with van der Waals surface area (Å²) in [6, 6.07) is 8.50. The lowest BCUT2D eigenvalue weighted by molar-refractivity contribution is 0.0331. The van der Waals surface area contributed by atoms with Crippen molar-refractivity contribution < 1.29 is 5.11 Å². The summed E-state index contributed by atoms with van der Waals surface area (Å²) in [5, 5.41) is 10.4. The zero-order valence-electron chi connectivity index (χ0n) is 10.5. The van der Waals surface area contributed by atoms with Gasteiger partial charge in [-0.1, -0.05) is 38.1 Å². The number of aliphatic hydroxyl groups is 1. The molecule has 0 aliphatic heterocycles. The van der Waals surface area contributed by atoms with Crippen molar-refractivity contribution in [2.45, 2.75) is 45.6 Å². The van der Waals surface area contributed by atoms with Gasteiger partial charge < -0.3 is 5.11 Å². The molecular formula is C15H22O. The average Bonchev–Trinajstić information content (AvgIpc) is 3.00. The molecule has 1 aromatic carbocycles. The highest BCUT2D eigenvalue weighted by molar-refractivity contribution is 5.28. The highest BCUT2D eigenvalue weighted by atomic mass is 16.3. The number of benzene rings is 1. The maximum Gasteiger partial charge on any atom is 0.0896 e. The molecule has 1 aliphatic carbocycles. The van der Waals surface area contributed by atoms with Gasteiger partial charge in [-0.05, 0) is 49.1 Å². The van der Waals surface area contributed by atoms with E-state index in [4.69, 9.17) is 0 Å². The van der Waals surface area contributed by atoms with Crippen molar-refractivity contribution in [2.24, 2.45) is 11.8 Å². The largest absolute Gasteiger partial charge is 0.385 e. The molecule has 1 aromatic rings. The summed E-state index contributed by atoms with van der Waals surface area (Å²) >= 11 is 0. The minimum absolute atomic E-state index is 0.475. The molecule has 1 nitrogen and oxygen atoms in total. The Hall–Kier alpha value is -0.820. The fourth-order valence-electron chi connectivity index (χ4n) is 2.33. The van der Waals surface area contributed by atoms with Crippen molar-refractivity contribution in [3.63, 3.8) is 0 Å². The molecule has 2 rings (SSSR count). The van der Waals surface area contributed by atoms with Gasteiger partial charge in [-0.25, -0.2) is 0 Å². The van der Waals surface area contributed by atoms with Gasteiger partial charge in [-0.3, -0.25) is 0 Å². The highest BCUT2D eigenvalue weighted by Gasteiger charge is 2.40. The van der Waals surface area contributed by atoms with E-state index in [-0.39, 0.29) is 0 Å². The summed E-state index contributed by atoms with van der Waals surface area (Å²) in [6.07, 6.45) is 3.45. The van der Waals surface area contributed by atoms with E-state index in [2.05, 4.69) is 38.1 Å². The molecule has 1 aliphatic rings. The van der Waals surface area contributed by atoms with Gasteiger partial charge in [0.1, 0.15) is 0 Å². The second kappa shape index (κ2) is 4.21. The molecule has 0 aromatic heterocycles. The van der Waals surface area contributed by atoms with E-state index in [0.29, 0.717) is 11.8 Å². The topological polar surface area (TPSA) is 20.2 Å². The van der Waals surface area contributed by atoms with Crippen LogP contribution in [0, 0.1) is 11.8 Å². The first-order valence-electron chi connectivity index (χ1n) is 6.32. The smallest absolute Gasteiger partial charge is 0.0896 e. The van der Waals surface area contributed by atoms with Crippen LogP contribution < -0.4 is 0 Å². The van der Waals surface area contributed by atoms with Crippen LogP contribution >= 0.6 is 0 Å². The Kier molecular flexibility index (Phi) is 3.07. The number of hydrogen-bond donors (Lipinski definition) is 1. The first kappa shape index (κ1) is 11.7. The predicted octanol–water partition coefficient (Wildman–Crippen LogP) is 3.50. The second-order valence-corrected chi connectivity index (χ2v) is 5.72. The standard InChI is InChI=1S/C15H22O/c1-11(2)10-12-4-6-13(7-5-12)15(3,16)14-8-9-14/h4-7,11,14,16H,8-10H2,1-3H3. The summed E-state index contributed by atoms with van der Waals surface area (Å²) < 4.78 is 0. The van der Waals surface area contributed by atoms with Crippen LogP contribution in [0.1, 0.15) is 44.7 Å². The van der Waals surface area contributed by atoms with Gasteiger partial charge >= 0.3 is 0 Å². The minimum atomic E-state index is -0.615. The van der Waals surface area contributed by atoms with E-state index < -0.39 is 5.60 Å². The van der Waals surface area contributed by atoms with Gasteiger partial charge in [0.2, 0.25) is 0 Å². The van der Waals surface area contributed by atoms with Gasteiger partial charge in [0.15, 0.2) is 0 Å². The lowest BCUT2D eigenvalue weighted by atomic mass is 9.89. The second-order valence-electron chi connectivity index (χ2n) is 5.72. The molecule has 1 unspecified atom stereocenters. The van der Waals surface area contributed by atoms with Crippen LogP contribution in [0.4, 0.5) is 0 Å². The zero-order valence-corrected chi connectivity index (χ0v) is 10.5. The third-order valence-corrected chi connectivity index (χ3v) is 3.55. The van der Waals surface area contributed by atoms with Crippen LogP contribution in [0.5, 0.6) is 0 Å². The molecule has 0 radical (unpaired) electrons. The first-order chi connectivity index (χ1) is 7.50. The van der Waals surface area contributed by atoms with Crippen LogP contribution in [-0.4, -0.2) is 5.11 Å². The molecule has 16 heavy (non-hydrogen) atoms. The van der Waals surface area contributed by atoms with Crippen molar-refractivity contribution in [1.82, 2.24) is 0 Å².